The zero-order valence-corrected chi connectivity index (χ0v) is 12.3. The van der Waals surface area contributed by atoms with Crippen molar-refractivity contribution in [2.24, 2.45) is 0 Å². The van der Waals surface area contributed by atoms with Gasteiger partial charge in [-0.3, -0.25) is 0 Å². The van der Waals surface area contributed by atoms with E-state index < -0.39 is 12.8 Å². The Kier molecular flexibility index (Phi) is 4.49. The third-order valence-electron chi connectivity index (χ3n) is 3.20. The quantitative estimate of drug-likeness (QED) is 0.813. The summed E-state index contributed by atoms with van der Waals surface area (Å²) in [5, 5.41) is 3.14. The molecule has 0 spiro atoms. The number of aryl methyl sites for hydroxylation is 2. The topological polar surface area (TPSA) is 47.3 Å². The van der Waals surface area contributed by atoms with Crippen LogP contribution in [0, 0.1) is 13.8 Å². The normalized spacial score (nSPS) is 11.3. The van der Waals surface area contributed by atoms with Gasteiger partial charge in [0.1, 0.15) is 5.75 Å². The van der Waals surface area contributed by atoms with Crippen LogP contribution in [0.1, 0.15) is 11.1 Å². The number of nitrogens with two attached hydrogens (primary N) is 1. The molecule has 0 heterocycles. The van der Waals surface area contributed by atoms with Crippen LogP contribution >= 0.6 is 0 Å². The molecule has 3 N–H and O–H groups in total. The van der Waals surface area contributed by atoms with E-state index in [1.54, 1.807) is 12.1 Å². The summed E-state index contributed by atoms with van der Waals surface area (Å²) < 4.78 is 40.9. The highest BCUT2D eigenvalue weighted by Crippen LogP contribution is 2.27. The molecule has 0 saturated carbocycles. The van der Waals surface area contributed by atoms with Crippen LogP contribution in [-0.2, 0) is 0 Å². The predicted octanol–water partition coefficient (Wildman–Crippen LogP) is 4.57. The number of halogens is 3. The average Bonchev–Trinajstić information content (AvgIpc) is 2.43. The van der Waals surface area contributed by atoms with Crippen molar-refractivity contribution in [3.63, 3.8) is 0 Å². The van der Waals surface area contributed by atoms with E-state index in [0.29, 0.717) is 11.4 Å². The molecule has 0 saturated heterocycles. The van der Waals surface area contributed by atoms with Gasteiger partial charge in [-0.1, -0.05) is 0 Å². The second kappa shape index (κ2) is 6.17. The summed E-state index contributed by atoms with van der Waals surface area (Å²) in [4.78, 5) is 0. The van der Waals surface area contributed by atoms with Crippen molar-refractivity contribution in [1.82, 2.24) is 0 Å². The third kappa shape index (κ3) is 4.31. The first-order chi connectivity index (χ1) is 10.2. The SMILES string of the molecule is Cc1cc(N)c(Nc2ccc(OCC(F)(F)F)cc2)cc1C. The fraction of sp³-hybridized carbons (Fsp3) is 0.250. The molecule has 0 aromatic heterocycles. The first-order valence-electron chi connectivity index (χ1n) is 6.68. The molecule has 3 nitrogen and oxygen atoms in total. The number of benzene rings is 2. The lowest BCUT2D eigenvalue weighted by atomic mass is 10.1. The summed E-state index contributed by atoms with van der Waals surface area (Å²) >= 11 is 0. The van der Waals surface area contributed by atoms with Crippen LogP contribution in [0.2, 0.25) is 0 Å². The number of alkyl halides is 3. The fourth-order valence-electron chi connectivity index (χ4n) is 1.90. The predicted molar refractivity (Wildman–Crippen MR) is 81.6 cm³/mol. The van der Waals surface area contributed by atoms with Gasteiger partial charge in [0.15, 0.2) is 6.61 Å². The fourth-order valence-corrected chi connectivity index (χ4v) is 1.90. The minimum absolute atomic E-state index is 0.163. The van der Waals surface area contributed by atoms with E-state index in [2.05, 4.69) is 10.1 Å². The van der Waals surface area contributed by atoms with E-state index in [1.165, 1.54) is 12.1 Å². The second-order valence-corrected chi connectivity index (χ2v) is 5.08. The summed E-state index contributed by atoms with van der Waals surface area (Å²) in [5.74, 6) is 0.163. The lowest BCUT2D eigenvalue weighted by Gasteiger charge is -2.13. The molecule has 0 radical (unpaired) electrons. The van der Waals surface area contributed by atoms with E-state index >= 15 is 0 Å². The first kappa shape index (κ1) is 16.0. The maximum Gasteiger partial charge on any atom is 0.422 e. The zero-order valence-electron chi connectivity index (χ0n) is 12.3. The van der Waals surface area contributed by atoms with Crippen LogP contribution in [0.5, 0.6) is 5.75 Å². The molecule has 0 bridgehead atoms. The molecule has 22 heavy (non-hydrogen) atoms. The Labute approximate surface area is 126 Å². The number of ether oxygens (including phenoxy) is 1. The third-order valence-corrected chi connectivity index (χ3v) is 3.20. The molecule has 0 aliphatic rings. The maximum absolute atomic E-state index is 12.1. The van der Waals surface area contributed by atoms with Gasteiger partial charge in [-0.05, 0) is 61.4 Å². The number of rotatable bonds is 4. The van der Waals surface area contributed by atoms with E-state index in [9.17, 15) is 13.2 Å². The molecule has 118 valence electrons. The van der Waals surface area contributed by atoms with Gasteiger partial charge in [0.05, 0.1) is 11.4 Å². The highest BCUT2D eigenvalue weighted by atomic mass is 19.4. The monoisotopic (exact) mass is 310 g/mol. The van der Waals surface area contributed by atoms with E-state index in [1.807, 2.05) is 26.0 Å². The Morgan fingerprint density at radius 2 is 1.64 bits per heavy atom. The highest BCUT2D eigenvalue weighted by molar-refractivity contribution is 5.74. The van der Waals surface area contributed by atoms with Crippen molar-refractivity contribution in [3.05, 3.63) is 47.5 Å². The number of nitrogen functional groups attached to an aromatic ring is 1. The van der Waals surface area contributed by atoms with E-state index in [0.717, 1.165) is 16.8 Å². The number of hydrogen-bond donors (Lipinski definition) is 2. The Hall–Kier alpha value is -2.37. The molecule has 2 aromatic carbocycles. The Morgan fingerprint density at radius 3 is 2.23 bits per heavy atom. The number of nitrogens with one attached hydrogen (secondary N) is 1. The maximum atomic E-state index is 12.1. The van der Waals surface area contributed by atoms with Crippen LogP contribution in [0.3, 0.4) is 0 Å². The average molecular weight is 310 g/mol. The molecule has 2 aromatic rings. The van der Waals surface area contributed by atoms with Gasteiger partial charge in [-0.2, -0.15) is 13.2 Å². The molecular weight excluding hydrogens is 293 g/mol. The summed E-state index contributed by atoms with van der Waals surface area (Å²) in [7, 11) is 0. The van der Waals surface area contributed by atoms with Gasteiger partial charge in [-0.15, -0.1) is 0 Å². The standard InChI is InChI=1S/C16H17F3N2O/c1-10-7-14(20)15(8-11(10)2)21-12-3-5-13(6-4-12)22-9-16(17,18)19/h3-8,21H,9,20H2,1-2H3. The van der Waals surface area contributed by atoms with E-state index in [4.69, 9.17) is 5.73 Å². The smallest absolute Gasteiger partial charge is 0.422 e. The molecule has 0 unspecified atom stereocenters. The van der Waals surface area contributed by atoms with Crippen LogP contribution in [0.25, 0.3) is 0 Å². The van der Waals surface area contributed by atoms with Crippen LogP contribution in [-0.4, -0.2) is 12.8 Å². The minimum Gasteiger partial charge on any atom is -0.484 e. The van der Waals surface area contributed by atoms with Gasteiger partial charge in [0.25, 0.3) is 0 Å². The van der Waals surface area contributed by atoms with Crippen LogP contribution in [0.4, 0.5) is 30.2 Å². The molecule has 2 rings (SSSR count). The second-order valence-electron chi connectivity index (χ2n) is 5.08. The Balaban J connectivity index is 2.07. The van der Waals surface area contributed by atoms with Crippen molar-refractivity contribution < 1.29 is 17.9 Å². The number of hydrogen-bond acceptors (Lipinski definition) is 3. The van der Waals surface area contributed by atoms with E-state index in [-0.39, 0.29) is 5.75 Å². The van der Waals surface area contributed by atoms with Crippen LogP contribution < -0.4 is 15.8 Å². The molecule has 0 atom stereocenters. The molecule has 6 heteroatoms. The van der Waals surface area contributed by atoms with Crippen LogP contribution in [0.15, 0.2) is 36.4 Å². The summed E-state index contributed by atoms with van der Waals surface area (Å²) in [6.45, 7) is 2.65. The number of anilines is 3. The summed E-state index contributed by atoms with van der Waals surface area (Å²) in [6, 6.07) is 10.0. The zero-order chi connectivity index (χ0) is 16.3. The van der Waals surface area contributed by atoms with Crippen molar-refractivity contribution in [2.45, 2.75) is 20.0 Å². The molecule has 0 fully saturated rings. The molecule has 0 aliphatic carbocycles. The molecule has 0 amide bonds. The molecule has 0 aliphatic heterocycles. The lowest BCUT2D eigenvalue weighted by Crippen LogP contribution is -2.19. The van der Waals surface area contributed by atoms with Gasteiger partial charge in [-0.25, -0.2) is 0 Å². The van der Waals surface area contributed by atoms with Gasteiger partial charge < -0.3 is 15.8 Å². The Bertz CT molecular complexity index is 652. The highest BCUT2D eigenvalue weighted by Gasteiger charge is 2.28. The minimum atomic E-state index is -4.34. The van der Waals surface area contributed by atoms with Crippen molar-refractivity contribution in [3.8, 4) is 5.75 Å². The summed E-state index contributed by atoms with van der Waals surface area (Å²) in [6.07, 6.45) is -4.34. The molecular formula is C16H17F3N2O. The van der Waals surface area contributed by atoms with Gasteiger partial charge in [0, 0.05) is 5.69 Å². The van der Waals surface area contributed by atoms with Gasteiger partial charge >= 0.3 is 6.18 Å². The first-order valence-corrected chi connectivity index (χ1v) is 6.68. The van der Waals surface area contributed by atoms with Crippen molar-refractivity contribution >= 4 is 17.1 Å². The Morgan fingerprint density at radius 1 is 1.05 bits per heavy atom. The largest absolute Gasteiger partial charge is 0.484 e. The van der Waals surface area contributed by atoms with Crippen molar-refractivity contribution in [1.29, 1.82) is 0 Å². The van der Waals surface area contributed by atoms with Gasteiger partial charge in [0.2, 0.25) is 0 Å². The van der Waals surface area contributed by atoms with Crippen molar-refractivity contribution in [2.75, 3.05) is 17.7 Å². The summed E-state index contributed by atoms with van der Waals surface area (Å²) in [5.41, 5.74) is 10.2. The lowest BCUT2D eigenvalue weighted by molar-refractivity contribution is -0.153.